The number of carbonyl (C=O) groups is 1. The first-order valence-corrected chi connectivity index (χ1v) is 15.7. The largest absolute Gasteiger partial charge is 0.478 e. The molecule has 2 aliphatic heterocycles. The van der Waals surface area contributed by atoms with E-state index in [0.717, 1.165) is 54.1 Å². The number of likely N-dealkylation sites (tertiary alicyclic amines) is 1. The molecule has 3 aromatic rings. The summed E-state index contributed by atoms with van der Waals surface area (Å²) in [6, 6.07) is 16.3. The van der Waals surface area contributed by atoms with Crippen LogP contribution in [0.4, 0.5) is 11.4 Å². The number of carboxylic acid groups (broad SMARTS) is 1. The number of rotatable bonds is 8. The zero-order valence-electron chi connectivity index (χ0n) is 27.2. The van der Waals surface area contributed by atoms with Crippen molar-refractivity contribution >= 4 is 23.4 Å². The van der Waals surface area contributed by atoms with Gasteiger partial charge in [0.25, 0.3) is 0 Å². The molecule has 2 aliphatic rings. The molecule has 2 unspecified atom stereocenters. The van der Waals surface area contributed by atoms with Crippen LogP contribution in [0.3, 0.4) is 0 Å². The molecule has 1 aromatic heterocycles. The van der Waals surface area contributed by atoms with E-state index in [1.807, 2.05) is 46.0 Å². The van der Waals surface area contributed by atoms with Gasteiger partial charge in [0.05, 0.1) is 23.5 Å². The first-order valence-electron chi connectivity index (χ1n) is 15.7. The van der Waals surface area contributed by atoms with E-state index >= 15 is 0 Å². The number of aromatic nitrogens is 1. The molecule has 0 bridgehead atoms. The quantitative estimate of drug-likeness (QED) is 0.245. The van der Waals surface area contributed by atoms with E-state index in [9.17, 15) is 9.90 Å². The minimum atomic E-state index is -0.875. The van der Waals surface area contributed by atoms with Crippen molar-refractivity contribution in [3.05, 3.63) is 82.7 Å². The number of hydrogen-bond donors (Lipinski definition) is 3. The van der Waals surface area contributed by atoms with Crippen molar-refractivity contribution in [2.24, 2.45) is 0 Å². The number of benzene rings is 2. The molecule has 232 valence electrons. The van der Waals surface area contributed by atoms with Gasteiger partial charge in [-0.05, 0) is 99.6 Å². The van der Waals surface area contributed by atoms with Crippen LogP contribution in [-0.2, 0) is 4.74 Å². The van der Waals surface area contributed by atoms with E-state index in [1.54, 1.807) is 19.2 Å². The number of aromatic carboxylic acids is 1. The standard InChI is InChI=1S/C32H38N4O3.2C2H6/c1-20(22(3)36-15-12-24(13-16-36)23-5-7-25(8-6-23)32(37)38)17-28-21(2)33-14-11-27(28)26-9-10-29-30(18-26)35-31(34-29)19-39-4;2*1-2/h5-11,14,17-18,22,24,31,34-35H,12-13,15-16,19H2,1-4H3,(H,37,38);2*1-2H3/b20-17+;;. The van der Waals surface area contributed by atoms with Gasteiger partial charge < -0.3 is 20.5 Å². The number of ether oxygens (including phenoxy) is 1. The highest BCUT2D eigenvalue weighted by molar-refractivity contribution is 5.87. The number of methoxy groups -OCH3 is 1. The summed E-state index contributed by atoms with van der Waals surface area (Å²) in [5.74, 6) is -0.404. The van der Waals surface area contributed by atoms with Gasteiger partial charge in [-0.3, -0.25) is 9.88 Å². The predicted molar refractivity (Wildman–Crippen MR) is 180 cm³/mol. The lowest BCUT2D eigenvalue weighted by Gasteiger charge is -2.37. The minimum absolute atomic E-state index is 0.0788. The fourth-order valence-corrected chi connectivity index (χ4v) is 5.78. The van der Waals surface area contributed by atoms with E-state index in [1.165, 1.54) is 16.7 Å². The van der Waals surface area contributed by atoms with E-state index in [-0.39, 0.29) is 6.17 Å². The number of piperidine rings is 1. The zero-order valence-corrected chi connectivity index (χ0v) is 27.2. The molecule has 2 atom stereocenters. The predicted octanol–water partition coefficient (Wildman–Crippen LogP) is 8.29. The van der Waals surface area contributed by atoms with E-state index < -0.39 is 5.97 Å². The number of nitrogens with one attached hydrogen (secondary N) is 2. The molecule has 2 aromatic carbocycles. The number of aryl methyl sites for hydroxylation is 1. The Morgan fingerprint density at radius 3 is 2.33 bits per heavy atom. The third kappa shape index (κ3) is 8.24. The maximum absolute atomic E-state index is 11.2. The molecular formula is C36H50N4O3. The molecular weight excluding hydrogens is 536 g/mol. The van der Waals surface area contributed by atoms with Crippen LogP contribution in [0.5, 0.6) is 0 Å². The topological polar surface area (TPSA) is 86.7 Å². The Bertz CT molecular complexity index is 1360. The van der Waals surface area contributed by atoms with Crippen LogP contribution in [0.15, 0.2) is 60.3 Å². The van der Waals surface area contributed by atoms with E-state index in [4.69, 9.17) is 4.74 Å². The number of carboxylic acids is 1. The Balaban J connectivity index is 0.00000121. The van der Waals surface area contributed by atoms with Crippen LogP contribution in [0, 0.1) is 6.92 Å². The Labute approximate surface area is 258 Å². The van der Waals surface area contributed by atoms with Crippen molar-refractivity contribution in [1.82, 2.24) is 9.88 Å². The summed E-state index contributed by atoms with van der Waals surface area (Å²) in [5, 5.41) is 16.1. The van der Waals surface area contributed by atoms with Crippen LogP contribution in [-0.4, -0.2) is 60.0 Å². The van der Waals surface area contributed by atoms with Gasteiger partial charge in [-0.1, -0.05) is 57.5 Å². The summed E-state index contributed by atoms with van der Waals surface area (Å²) in [6.45, 7) is 17.2. The van der Waals surface area contributed by atoms with Crippen LogP contribution in [0.25, 0.3) is 17.2 Å². The van der Waals surface area contributed by atoms with Crippen molar-refractivity contribution in [1.29, 1.82) is 0 Å². The third-order valence-electron chi connectivity index (χ3n) is 8.25. The first-order chi connectivity index (χ1) is 20.8. The number of nitrogens with zero attached hydrogens (tertiary/aromatic N) is 2. The Morgan fingerprint density at radius 1 is 1.05 bits per heavy atom. The van der Waals surface area contributed by atoms with Gasteiger partial charge in [0.1, 0.15) is 6.17 Å². The molecule has 1 fully saturated rings. The average Bonchev–Trinajstić information content (AvgIpc) is 3.45. The summed E-state index contributed by atoms with van der Waals surface area (Å²) in [5.41, 5.74) is 9.60. The molecule has 3 N–H and O–H groups in total. The zero-order chi connectivity index (χ0) is 31.5. The van der Waals surface area contributed by atoms with Gasteiger partial charge >= 0.3 is 5.97 Å². The molecule has 7 nitrogen and oxygen atoms in total. The number of fused-ring (bicyclic) bond motifs is 1. The average molecular weight is 587 g/mol. The van der Waals surface area contributed by atoms with Crippen molar-refractivity contribution < 1.29 is 14.6 Å². The summed E-state index contributed by atoms with van der Waals surface area (Å²) < 4.78 is 5.30. The minimum Gasteiger partial charge on any atom is -0.478 e. The fraction of sp³-hybridized carbons (Fsp3) is 0.444. The van der Waals surface area contributed by atoms with Gasteiger partial charge in [-0.25, -0.2) is 4.79 Å². The maximum Gasteiger partial charge on any atom is 0.335 e. The Morgan fingerprint density at radius 2 is 1.70 bits per heavy atom. The molecule has 3 heterocycles. The summed E-state index contributed by atoms with van der Waals surface area (Å²) in [4.78, 5) is 18.4. The lowest BCUT2D eigenvalue weighted by molar-refractivity contribution is 0.0697. The first kappa shape index (κ1) is 33.8. The van der Waals surface area contributed by atoms with Gasteiger partial charge in [-0.2, -0.15) is 0 Å². The van der Waals surface area contributed by atoms with Gasteiger partial charge in [-0.15, -0.1) is 0 Å². The van der Waals surface area contributed by atoms with Crippen molar-refractivity contribution in [2.45, 2.75) is 79.4 Å². The maximum atomic E-state index is 11.2. The SMILES string of the molecule is CC.CC.COCC1Nc2ccc(-c3ccnc(C)c3/C=C(\C)C(C)N3CCC(c4ccc(C(=O)O)cc4)CC3)cc2N1. The monoisotopic (exact) mass is 586 g/mol. The van der Waals surface area contributed by atoms with Crippen LogP contribution in [0.1, 0.15) is 87.5 Å². The number of hydrogen-bond acceptors (Lipinski definition) is 6. The summed E-state index contributed by atoms with van der Waals surface area (Å²) in [6.07, 6.45) is 6.42. The molecule has 43 heavy (non-hydrogen) atoms. The lowest BCUT2D eigenvalue weighted by atomic mass is 9.88. The lowest BCUT2D eigenvalue weighted by Crippen LogP contribution is -2.40. The van der Waals surface area contributed by atoms with E-state index in [0.29, 0.717) is 24.1 Å². The molecule has 0 amide bonds. The van der Waals surface area contributed by atoms with Gasteiger partial charge in [0.2, 0.25) is 0 Å². The van der Waals surface area contributed by atoms with E-state index in [2.05, 4.69) is 71.6 Å². The third-order valence-corrected chi connectivity index (χ3v) is 8.25. The summed E-state index contributed by atoms with van der Waals surface area (Å²) >= 11 is 0. The molecule has 0 spiro atoms. The Hall–Kier alpha value is -3.68. The Kier molecular flexibility index (Phi) is 12.8. The number of anilines is 2. The van der Waals surface area contributed by atoms with Crippen molar-refractivity contribution in [3.63, 3.8) is 0 Å². The van der Waals surface area contributed by atoms with Gasteiger partial charge in [0, 0.05) is 30.6 Å². The van der Waals surface area contributed by atoms with Crippen molar-refractivity contribution in [3.8, 4) is 11.1 Å². The van der Waals surface area contributed by atoms with Crippen LogP contribution in [0.2, 0.25) is 0 Å². The highest BCUT2D eigenvalue weighted by Gasteiger charge is 2.25. The second-order valence-corrected chi connectivity index (χ2v) is 10.7. The second kappa shape index (κ2) is 16.2. The second-order valence-electron chi connectivity index (χ2n) is 10.7. The highest BCUT2D eigenvalue weighted by Crippen LogP contribution is 2.36. The molecule has 0 aliphatic carbocycles. The normalized spacial score (nSPS) is 17.3. The smallest absolute Gasteiger partial charge is 0.335 e. The van der Waals surface area contributed by atoms with Crippen LogP contribution < -0.4 is 10.6 Å². The highest BCUT2D eigenvalue weighted by atomic mass is 16.5. The molecule has 0 radical (unpaired) electrons. The van der Waals surface area contributed by atoms with Crippen LogP contribution >= 0.6 is 0 Å². The number of pyridine rings is 1. The fourth-order valence-electron chi connectivity index (χ4n) is 5.78. The molecule has 1 saturated heterocycles. The summed E-state index contributed by atoms with van der Waals surface area (Å²) in [7, 11) is 1.71. The molecule has 0 saturated carbocycles. The molecule has 7 heteroatoms. The van der Waals surface area contributed by atoms with Crippen molar-refractivity contribution in [2.75, 3.05) is 37.4 Å². The van der Waals surface area contributed by atoms with Gasteiger partial charge in [0.15, 0.2) is 0 Å². The molecule has 5 rings (SSSR count).